The highest BCUT2D eigenvalue weighted by atomic mass is 19.3. The van der Waals surface area contributed by atoms with Gasteiger partial charge in [-0.2, -0.15) is 8.78 Å². The van der Waals surface area contributed by atoms with Crippen molar-refractivity contribution in [2.45, 2.75) is 83.8 Å². The highest BCUT2D eigenvalue weighted by Gasteiger charge is 2.37. The van der Waals surface area contributed by atoms with Gasteiger partial charge in [0, 0.05) is 18.1 Å². The van der Waals surface area contributed by atoms with Crippen LogP contribution in [0, 0.1) is 11.8 Å². The molecule has 0 heterocycles. The van der Waals surface area contributed by atoms with E-state index >= 15 is 8.78 Å². The fourth-order valence-electron chi connectivity index (χ4n) is 5.90. The molecule has 3 aromatic rings. The highest BCUT2D eigenvalue weighted by Crippen LogP contribution is 2.38. The number of rotatable bonds is 15. The van der Waals surface area contributed by atoms with E-state index in [1.807, 2.05) is 12.1 Å². The Morgan fingerprint density at radius 3 is 1.91 bits per heavy atom. The van der Waals surface area contributed by atoms with Crippen molar-refractivity contribution in [1.29, 1.82) is 0 Å². The van der Waals surface area contributed by atoms with E-state index in [0.29, 0.717) is 24.8 Å². The van der Waals surface area contributed by atoms with E-state index in [0.717, 1.165) is 41.5 Å². The monoisotopic (exact) mass is 604 g/mol. The molecular formula is C38H46F2O4. The molecule has 3 aromatic carbocycles. The smallest absolute Gasteiger partial charge is 0.383 e. The maximum absolute atomic E-state index is 15.1. The first-order chi connectivity index (χ1) is 21.2. The van der Waals surface area contributed by atoms with Crippen LogP contribution in [0.1, 0.15) is 76.3 Å². The lowest BCUT2D eigenvalue weighted by Gasteiger charge is -2.32. The summed E-state index contributed by atoms with van der Waals surface area (Å²) in [6.07, 6.45) is 4.06. The van der Waals surface area contributed by atoms with Gasteiger partial charge in [-0.15, -0.1) is 0 Å². The van der Waals surface area contributed by atoms with Crippen LogP contribution in [0.2, 0.25) is 0 Å². The van der Waals surface area contributed by atoms with Crippen molar-refractivity contribution in [3.63, 3.8) is 0 Å². The van der Waals surface area contributed by atoms with Crippen LogP contribution in [-0.2, 0) is 26.8 Å². The fourth-order valence-corrected chi connectivity index (χ4v) is 5.90. The largest absolute Gasteiger partial charge is 0.462 e. The van der Waals surface area contributed by atoms with Gasteiger partial charge in [0.25, 0.3) is 0 Å². The zero-order valence-electron chi connectivity index (χ0n) is 26.1. The van der Waals surface area contributed by atoms with E-state index in [2.05, 4.69) is 49.9 Å². The summed E-state index contributed by atoms with van der Waals surface area (Å²) < 4.78 is 40.8. The third-order valence-corrected chi connectivity index (χ3v) is 8.63. The van der Waals surface area contributed by atoms with Crippen molar-refractivity contribution in [2.75, 3.05) is 13.2 Å². The van der Waals surface area contributed by atoms with Crippen LogP contribution in [0.4, 0.5) is 8.78 Å². The van der Waals surface area contributed by atoms with Crippen LogP contribution >= 0.6 is 0 Å². The predicted molar refractivity (Wildman–Crippen MR) is 172 cm³/mol. The molecule has 1 N–H and O–H groups in total. The number of aliphatic hydroxyl groups is 1. The number of benzene rings is 3. The van der Waals surface area contributed by atoms with E-state index in [9.17, 15) is 9.90 Å². The fraction of sp³-hybridized carbons (Fsp3) is 0.447. The summed E-state index contributed by atoms with van der Waals surface area (Å²) in [6, 6.07) is 23.3. The number of carbonyl (C=O) groups is 1. The van der Waals surface area contributed by atoms with Gasteiger partial charge in [-0.05, 0) is 97.7 Å². The minimum absolute atomic E-state index is 0.0921. The summed E-state index contributed by atoms with van der Waals surface area (Å²) in [5, 5.41) is 9.69. The summed E-state index contributed by atoms with van der Waals surface area (Å²) in [6.45, 7) is 7.39. The number of hydrogen-bond donors (Lipinski definition) is 1. The van der Waals surface area contributed by atoms with Crippen molar-refractivity contribution in [3.8, 4) is 22.3 Å². The second kappa shape index (κ2) is 16.1. The molecule has 0 aromatic heterocycles. The molecule has 0 bridgehead atoms. The maximum Gasteiger partial charge on any atom is 0.383 e. The van der Waals surface area contributed by atoms with Crippen molar-refractivity contribution in [1.82, 2.24) is 0 Å². The van der Waals surface area contributed by atoms with Gasteiger partial charge in [-0.3, -0.25) is 0 Å². The Balaban J connectivity index is 1.27. The third-order valence-electron chi connectivity index (χ3n) is 8.63. The quantitative estimate of drug-likeness (QED) is 0.107. The standard InChI is InChI=1S/C38H46F2O4/c1-4-5-6-7-28-8-12-31(13-9-28)32-14-16-33(17-15-32)34-18-20-35(21-19-34)38(39,40)44-36-22-10-29(11-23-36)24-30(25-41)26-43-37(42)27(2)3/h8-9,12-21,29-30,36,41H,2,4-7,10-11,22-26H2,1,3H3. The average molecular weight is 605 g/mol. The molecule has 0 amide bonds. The summed E-state index contributed by atoms with van der Waals surface area (Å²) in [7, 11) is 0. The average Bonchev–Trinajstić information content (AvgIpc) is 3.04. The molecule has 4 nitrogen and oxygen atoms in total. The van der Waals surface area contributed by atoms with Gasteiger partial charge in [-0.1, -0.05) is 87.0 Å². The molecule has 1 aliphatic rings. The van der Waals surface area contributed by atoms with Crippen LogP contribution in [0.25, 0.3) is 22.3 Å². The summed E-state index contributed by atoms with van der Waals surface area (Å²) in [5.74, 6) is -0.378. The molecule has 0 spiro atoms. The Morgan fingerprint density at radius 2 is 1.41 bits per heavy atom. The van der Waals surface area contributed by atoms with Crippen LogP contribution in [0.15, 0.2) is 84.9 Å². The lowest BCUT2D eigenvalue weighted by atomic mass is 9.82. The number of carbonyl (C=O) groups excluding carboxylic acids is 1. The van der Waals surface area contributed by atoms with E-state index in [4.69, 9.17) is 9.47 Å². The minimum atomic E-state index is -3.38. The molecule has 6 heteroatoms. The van der Waals surface area contributed by atoms with Gasteiger partial charge >= 0.3 is 12.1 Å². The topological polar surface area (TPSA) is 55.8 Å². The highest BCUT2D eigenvalue weighted by molar-refractivity contribution is 5.86. The molecule has 1 unspecified atom stereocenters. The molecule has 0 aliphatic heterocycles. The molecule has 4 rings (SSSR count). The zero-order valence-corrected chi connectivity index (χ0v) is 26.1. The van der Waals surface area contributed by atoms with Gasteiger partial charge in [0.2, 0.25) is 0 Å². The van der Waals surface area contributed by atoms with Crippen LogP contribution in [0.5, 0.6) is 0 Å². The molecule has 1 atom stereocenters. The number of aliphatic hydroxyl groups excluding tert-OH is 1. The second-order valence-corrected chi connectivity index (χ2v) is 12.2. The van der Waals surface area contributed by atoms with Gasteiger partial charge in [-0.25, -0.2) is 4.79 Å². The number of hydrogen-bond acceptors (Lipinski definition) is 4. The van der Waals surface area contributed by atoms with Crippen molar-refractivity contribution in [2.24, 2.45) is 11.8 Å². The third kappa shape index (κ3) is 9.57. The first kappa shape index (κ1) is 33.5. The number of alkyl halides is 2. The molecular weight excluding hydrogens is 558 g/mol. The molecule has 44 heavy (non-hydrogen) atoms. The van der Waals surface area contributed by atoms with Gasteiger partial charge in [0.05, 0.1) is 18.3 Å². The maximum atomic E-state index is 15.1. The van der Waals surface area contributed by atoms with Gasteiger partial charge in [0.15, 0.2) is 0 Å². The molecule has 0 saturated heterocycles. The summed E-state index contributed by atoms with van der Waals surface area (Å²) in [5.41, 5.74) is 5.65. The first-order valence-electron chi connectivity index (χ1n) is 16.0. The van der Waals surface area contributed by atoms with Gasteiger partial charge in [0.1, 0.15) is 0 Å². The number of aryl methyl sites for hydroxylation is 1. The summed E-state index contributed by atoms with van der Waals surface area (Å²) >= 11 is 0. The van der Waals surface area contributed by atoms with Crippen LogP contribution < -0.4 is 0 Å². The Morgan fingerprint density at radius 1 is 0.886 bits per heavy atom. The van der Waals surface area contributed by atoms with E-state index in [1.54, 1.807) is 19.1 Å². The first-order valence-corrected chi connectivity index (χ1v) is 16.0. The molecule has 1 saturated carbocycles. The molecule has 1 fully saturated rings. The SMILES string of the molecule is C=C(C)C(=O)OCC(CO)CC1CCC(OC(F)(F)c2ccc(-c3ccc(-c4ccc(CCCCC)cc4)cc3)cc2)CC1. The molecule has 1 aliphatic carbocycles. The van der Waals surface area contributed by atoms with Gasteiger partial charge < -0.3 is 14.6 Å². The Labute approximate surface area is 261 Å². The van der Waals surface area contributed by atoms with Crippen molar-refractivity contribution in [3.05, 3.63) is 96.1 Å². The van der Waals surface area contributed by atoms with Crippen LogP contribution in [-0.4, -0.2) is 30.4 Å². The minimum Gasteiger partial charge on any atom is -0.462 e. The van der Waals surface area contributed by atoms with Crippen LogP contribution in [0.3, 0.4) is 0 Å². The zero-order chi connectivity index (χ0) is 31.5. The van der Waals surface area contributed by atoms with E-state index in [1.165, 1.54) is 37.0 Å². The molecule has 0 radical (unpaired) electrons. The number of ether oxygens (including phenoxy) is 2. The number of unbranched alkanes of at least 4 members (excludes halogenated alkanes) is 2. The van der Waals surface area contributed by atoms with E-state index < -0.39 is 18.2 Å². The van der Waals surface area contributed by atoms with Crippen molar-refractivity contribution < 1.29 is 28.2 Å². The van der Waals surface area contributed by atoms with Crippen molar-refractivity contribution >= 4 is 5.97 Å². The summed E-state index contributed by atoms with van der Waals surface area (Å²) in [4.78, 5) is 11.6. The normalized spacial score (nSPS) is 17.7. The Kier molecular flexibility index (Phi) is 12.3. The predicted octanol–water partition coefficient (Wildman–Crippen LogP) is 9.50. The number of halogens is 2. The lowest BCUT2D eigenvalue weighted by Crippen LogP contribution is -2.31. The Hall–Kier alpha value is -3.35. The Bertz CT molecular complexity index is 1320. The van der Waals surface area contributed by atoms with E-state index in [-0.39, 0.29) is 30.6 Å². The number of esters is 1. The lowest BCUT2D eigenvalue weighted by molar-refractivity contribution is -0.278. The second-order valence-electron chi connectivity index (χ2n) is 12.2. The molecule has 236 valence electrons.